The normalized spacial score (nSPS) is 11.3. The smallest absolute Gasteiger partial charge is 0.100 e. The minimum Gasteiger partial charge on any atom is -0.385 e. The number of hydrogen-bond acceptors (Lipinski definition) is 2. The Bertz CT molecular complexity index is 896. The number of rotatable bonds is 6. The van der Waals surface area contributed by atoms with Gasteiger partial charge in [0, 0.05) is 5.69 Å². The van der Waals surface area contributed by atoms with Gasteiger partial charge < -0.3 is 5.73 Å². The van der Waals surface area contributed by atoms with E-state index in [-0.39, 0.29) is 0 Å². The third kappa shape index (κ3) is 4.51. The van der Waals surface area contributed by atoms with Gasteiger partial charge in [0.15, 0.2) is 0 Å². The van der Waals surface area contributed by atoms with E-state index in [0.29, 0.717) is 5.82 Å². The van der Waals surface area contributed by atoms with Gasteiger partial charge in [0.2, 0.25) is 0 Å². The van der Waals surface area contributed by atoms with E-state index in [1.807, 2.05) is 11.8 Å². The molecule has 0 heterocycles. The van der Waals surface area contributed by atoms with Crippen LogP contribution in [-0.4, -0.2) is 0 Å². The lowest BCUT2D eigenvalue weighted by atomic mass is 9.97. The number of benzene rings is 2. The van der Waals surface area contributed by atoms with Crippen LogP contribution in [0, 0.1) is 6.92 Å². The zero-order valence-corrected chi connectivity index (χ0v) is 17.6. The molecule has 0 amide bonds. The van der Waals surface area contributed by atoms with Crippen LogP contribution in [-0.2, 0) is 6.42 Å². The van der Waals surface area contributed by atoms with Crippen LogP contribution in [0.1, 0.15) is 56.9 Å². The number of hydrogen-bond donors (Lipinski definition) is 1. The van der Waals surface area contributed by atoms with Crippen molar-refractivity contribution >= 4 is 17.0 Å². The summed E-state index contributed by atoms with van der Waals surface area (Å²) in [5.41, 5.74) is 15.9. The molecular weight excluding hydrogens is 328 g/mol. The summed E-state index contributed by atoms with van der Waals surface area (Å²) in [5, 5.41) is 0. The Morgan fingerprint density at radius 3 is 2.37 bits per heavy atom. The second kappa shape index (κ2) is 8.77. The minimum absolute atomic E-state index is 0.509. The molecule has 27 heavy (non-hydrogen) atoms. The monoisotopic (exact) mass is 360 g/mol. The maximum absolute atomic E-state index is 6.26. The lowest BCUT2D eigenvalue weighted by Crippen LogP contribution is -2.25. The van der Waals surface area contributed by atoms with Gasteiger partial charge in [-0.15, -0.1) is 0 Å². The molecule has 0 fully saturated rings. The number of nitrogens with zero attached hydrogens (tertiary/aromatic N) is 1. The van der Waals surface area contributed by atoms with Crippen molar-refractivity contribution in [3.8, 4) is 0 Å². The Kier molecular flexibility index (Phi) is 6.68. The molecular formula is C25H32N2. The predicted molar refractivity (Wildman–Crippen MR) is 120 cm³/mol. The molecule has 0 atom stereocenters. The molecule has 0 aromatic heterocycles. The van der Waals surface area contributed by atoms with E-state index in [1.54, 1.807) is 0 Å². The first-order chi connectivity index (χ1) is 12.8. The Morgan fingerprint density at radius 2 is 1.81 bits per heavy atom. The third-order valence-electron chi connectivity index (χ3n) is 5.07. The molecule has 0 bridgehead atoms. The summed E-state index contributed by atoms with van der Waals surface area (Å²) in [6.45, 7) is 16.9. The van der Waals surface area contributed by atoms with Gasteiger partial charge in [-0.1, -0.05) is 49.4 Å². The molecule has 0 aliphatic rings. The van der Waals surface area contributed by atoms with Crippen LogP contribution in [0.3, 0.4) is 0 Å². The first-order valence-corrected chi connectivity index (χ1v) is 9.55. The molecule has 0 unspecified atom stereocenters. The van der Waals surface area contributed by atoms with Gasteiger partial charge in [0.1, 0.15) is 5.82 Å². The molecule has 0 aliphatic heterocycles. The molecule has 0 spiro atoms. The molecule has 2 rings (SSSR count). The Balaban J connectivity index is 2.62. The highest BCUT2D eigenvalue weighted by atomic mass is 15.2. The zero-order chi connectivity index (χ0) is 20.1. The largest absolute Gasteiger partial charge is 0.385 e. The predicted octanol–water partition coefficient (Wildman–Crippen LogP) is 6.67. The Hall–Kier alpha value is -2.74. The van der Waals surface area contributed by atoms with Crippen molar-refractivity contribution in [2.45, 2.75) is 48.0 Å². The average Bonchev–Trinajstić information content (AvgIpc) is 2.65. The van der Waals surface area contributed by atoms with Crippen molar-refractivity contribution in [2.24, 2.45) is 5.73 Å². The molecule has 2 N–H and O–H groups in total. The molecule has 0 aliphatic carbocycles. The molecule has 0 saturated heterocycles. The highest BCUT2D eigenvalue weighted by molar-refractivity contribution is 5.84. The molecule has 2 aromatic rings. The summed E-state index contributed by atoms with van der Waals surface area (Å²) in [4.78, 5) is 2.04. The van der Waals surface area contributed by atoms with Crippen LogP contribution in [0.4, 0.5) is 5.69 Å². The van der Waals surface area contributed by atoms with Gasteiger partial charge in [0.25, 0.3) is 0 Å². The van der Waals surface area contributed by atoms with Gasteiger partial charge >= 0.3 is 0 Å². The minimum atomic E-state index is 0.509. The van der Waals surface area contributed by atoms with Crippen LogP contribution in [0.25, 0.3) is 11.3 Å². The maximum Gasteiger partial charge on any atom is 0.100 e. The van der Waals surface area contributed by atoms with Crippen molar-refractivity contribution < 1.29 is 0 Å². The van der Waals surface area contributed by atoms with Crippen LogP contribution in [0.5, 0.6) is 0 Å². The standard InChI is InChI=1S/C25H32N2/c1-8-21-11-10-12-22(15-21)25(9-2)27(20(7)26)23-14-13-18(5)24(16-23)19(6)17(3)4/h9-16H,7-8,26H2,1-6H3/b25-9-. The van der Waals surface area contributed by atoms with Gasteiger partial charge in [-0.3, -0.25) is 4.90 Å². The highest BCUT2D eigenvalue weighted by Crippen LogP contribution is 2.33. The van der Waals surface area contributed by atoms with Crippen molar-refractivity contribution in [3.63, 3.8) is 0 Å². The van der Waals surface area contributed by atoms with Crippen molar-refractivity contribution in [3.05, 3.63) is 88.8 Å². The number of anilines is 1. The van der Waals surface area contributed by atoms with E-state index >= 15 is 0 Å². The topological polar surface area (TPSA) is 29.3 Å². The SMILES string of the molecule is C=C(N)N(/C(=C\C)c1cccc(CC)c1)c1ccc(C)c(C(C)=C(C)C)c1. The van der Waals surface area contributed by atoms with E-state index < -0.39 is 0 Å². The van der Waals surface area contributed by atoms with E-state index in [9.17, 15) is 0 Å². The molecule has 0 saturated carbocycles. The second-order valence-electron chi connectivity index (χ2n) is 7.18. The maximum atomic E-state index is 6.26. The van der Waals surface area contributed by atoms with Crippen LogP contribution < -0.4 is 10.6 Å². The summed E-state index contributed by atoms with van der Waals surface area (Å²) in [6.07, 6.45) is 3.10. The van der Waals surface area contributed by atoms with Crippen molar-refractivity contribution in [1.82, 2.24) is 0 Å². The Morgan fingerprint density at radius 1 is 1.11 bits per heavy atom. The van der Waals surface area contributed by atoms with E-state index in [0.717, 1.165) is 23.4 Å². The molecule has 0 radical (unpaired) electrons. The van der Waals surface area contributed by atoms with E-state index in [2.05, 4.69) is 89.7 Å². The van der Waals surface area contributed by atoms with Crippen molar-refractivity contribution in [2.75, 3.05) is 4.90 Å². The number of nitrogens with two attached hydrogens (primary N) is 1. The van der Waals surface area contributed by atoms with Gasteiger partial charge in [0.05, 0.1) is 5.70 Å². The number of allylic oxidation sites excluding steroid dienone is 3. The quantitative estimate of drug-likeness (QED) is 0.623. The van der Waals surface area contributed by atoms with Gasteiger partial charge in [-0.2, -0.15) is 0 Å². The first kappa shape index (κ1) is 20.6. The van der Waals surface area contributed by atoms with Gasteiger partial charge in [-0.05, 0) is 87.1 Å². The lowest BCUT2D eigenvalue weighted by molar-refractivity contribution is 1.11. The first-order valence-electron chi connectivity index (χ1n) is 9.55. The molecule has 2 nitrogen and oxygen atoms in total. The average molecular weight is 361 g/mol. The zero-order valence-electron chi connectivity index (χ0n) is 17.6. The fourth-order valence-electron chi connectivity index (χ4n) is 3.26. The van der Waals surface area contributed by atoms with E-state index in [4.69, 9.17) is 5.73 Å². The third-order valence-corrected chi connectivity index (χ3v) is 5.07. The molecule has 2 heteroatoms. The van der Waals surface area contributed by atoms with Crippen LogP contribution in [0.2, 0.25) is 0 Å². The Labute approximate surface area is 164 Å². The van der Waals surface area contributed by atoms with Crippen LogP contribution >= 0.6 is 0 Å². The molecule has 142 valence electrons. The molecule has 2 aromatic carbocycles. The highest BCUT2D eigenvalue weighted by Gasteiger charge is 2.17. The lowest BCUT2D eigenvalue weighted by Gasteiger charge is -2.28. The second-order valence-corrected chi connectivity index (χ2v) is 7.18. The van der Waals surface area contributed by atoms with E-state index in [1.165, 1.54) is 27.8 Å². The fourth-order valence-corrected chi connectivity index (χ4v) is 3.26. The van der Waals surface area contributed by atoms with Crippen LogP contribution in [0.15, 0.2) is 66.5 Å². The summed E-state index contributed by atoms with van der Waals surface area (Å²) in [5.74, 6) is 0.509. The van der Waals surface area contributed by atoms with Gasteiger partial charge in [-0.25, -0.2) is 0 Å². The number of aryl methyl sites for hydroxylation is 2. The fraction of sp³-hybridized carbons (Fsp3) is 0.280. The summed E-state index contributed by atoms with van der Waals surface area (Å²) >= 11 is 0. The summed E-state index contributed by atoms with van der Waals surface area (Å²) < 4.78 is 0. The summed E-state index contributed by atoms with van der Waals surface area (Å²) in [6, 6.07) is 15.1. The van der Waals surface area contributed by atoms with Crippen molar-refractivity contribution in [1.29, 1.82) is 0 Å². The summed E-state index contributed by atoms with van der Waals surface area (Å²) in [7, 11) is 0.